The fourth-order valence-corrected chi connectivity index (χ4v) is 3.20. The number of aromatic nitrogens is 2. The van der Waals surface area contributed by atoms with Crippen molar-refractivity contribution >= 4 is 33.1 Å². The average molecular weight is 326 g/mol. The fourth-order valence-electron chi connectivity index (χ4n) is 1.77. The highest BCUT2D eigenvalue weighted by molar-refractivity contribution is 9.10. The molecule has 0 atom stereocenters. The van der Waals surface area contributed by atoms with Crippen LogP contribution in [0, 0.1) is 6.92 Å². The summed E-state index contributed by atoms with van der Waals surface area (Å²) in [6.45, 7) is 4.25. The van der Waals surface area contributed by atoms with E-state index in [1.54, 1.807) is 11.3 Å². The third-order valence-electron chi connectivity index (χ3n) is 2.71. The molecule has 0 saturated heterocycles. The molecule has 0 radical (unpaired) electrons. The van der Waals surface area contributed by atoms with Crippen LogP contribution >= 0.6 is 27.3 Å². The molecule has 0 saturated carbocycles. The fraction of sp³-hybridized carbons (Fsp3) is 0.385. The van der Waals surface area contributed by atoms with E-state index in [1.165, 1.54) is 5.56 Å². The van der Waals surface area contributed by atoms with Crippen LogP contribution in [-0.2, 0) is 6.42 Å². The Hall–Kier alpha value is -0.940. The van der Waals surface area contributed by atoms with Gasteiger partial charge in [0.2, 0.25) is 0 Å². The van der Waals surface area contributed by atoms with Crippen LogP contribution < -0.4 is 5.32 Å². The summed E-state index contributed by atoms with van der Waals surface area (Å²) in [5.74, 6) is 1.68. The summed E-state index contributed by atoms with van der Waals surface area (Å²) in [5.41, 5.74) is 2.30. The maximum absolute atomic E-state index is 4.69. The second kappa shape index (κ2) is 5.80. The molecule has 96 valence electrons. The molecule has 0 unspecified atom stereocenters. The van der Waals surface area contributed by atoms with Gasteiger partial charge in [-0.3, -0.25) is 0 Å². The molecule has 2 rings (SSSR count). The summed E-state index contributed by atoms with van der Waals surface area (Å²) < 4.78 is 0.977. The zero-order valence-electron chi connectivity index (χ0n) is 10.7. The van der Waals surface area contributed by atoms with Crippen LogP contribution in [0.4, 0.5) is 5.82 Å². The second-order valence-electron chi connectivity index (χ2n) is 4.09. The molecule has 0 aliphatic heterocycles. The maximum atomic E-state index is 4.69. The first kappa shape index (κ1) is 13.5. The van der Waals surface area contributed by atoms with Crippen molar-refractivity contribution < 1.29 is 0 Å². The van der Waals surface area contributed by atoms with Gasteiger partial charge in [0.15, 0.2) is 5.82 Å². The molecule has 0 amide bonds. The van der Waals surface area contributed by atoms with Crippen LogP contribution in [0.25, 0.3) is 10.7 Å². The minimum atomic E-state index is 0.818. The molecule has 0 spiro atoms. The van der Waals surface area contributed by atoms with Crippen molar-refractivity contribution in [1.29, 1.82) is 0 Å². The Morgan fingerprint density at radius 3 is 2.72 bits per heavy atom. The highest BCUT2D eigenvalue weighted by atomic mass is 79.9. The monoisotopic (exact) mass is 325 g/mol. The third-order valence-corrected chi connectivity index (χ3v) is 4.55. The Bertz CT molecular complexity index is 551. The molecule has 5 heteroatoms. The van der Waals surface area contributed by atoms with Gasteiger partial charge in [0.05, 0.1) is 15.0 Å². The first-order valence-corrected chi connectivity index (χ1v) is 7.63. The molecule has 0 aromatic carbocycles. The Balaban J connectivity index is 2.55. The largest absolute Gasteiger partial charge is 0.372 e. The number of hydrogen-bond acceptors (Lipinski definition) is 4. The van der Waals surface area contributed by atoms with Crippen LogP contribution in [0.15, 0.2) is 15.9 Å². The van der Waals surface area contributed by atoms with Crippen molar-refractivity contribution in [3.05, 3.63) is 27.2 Å². The van der Waals surface area contributed by atoms with Crippen molar-refractivity contribution in [3.8, 4) is 10.7 Å². The molecule has 0 bridgehead atoms. The van der Waals surface area contributed by atoms with E-state index in [1.807, 2.05) is 7.05 Å². The second-order valence-corrected chi connectivity index (χ2v) is 5.80. The lowest BCUT2D eigenvalue weighted by atomic mass is 10.2. The van der Waals surface area contributed by atoms with Crippen molar-refractivity contribution in [1.82, 2.24) is 9.97 Å². The van der Waals surface area contributed by atoms with Crippen molar-refractivity contribution in [3.63, 3.8) is 0 Å². The predicted molar refractivity (Wildman–Crippen MR) is 81.3 cm³/mol. The average Bonchev–Trinajstić information content (AvgIpc) is 2.78. The minimum absolute atomic E-state index is 0.818. The van der Waals surface area contributed by atoms with E-state index in [-0.39, 0.29) is 0 Å². The zero-order chi connectivity index (χ0) is 13.1. The lowest BCUT2D eigenvalue weighted by Crippen LogP contribution is -2.03. The van der Waals surface area contributed by atoms with E-state index in [4.69, 9.17) is 0 Å². The minimum Gasteiger partial charge on any atom is -0.372 e. The molecule has 18 heavy (non-hydrogen) atoms. The Morgan fingerprint density at radius 2 is 2.17 bits per heavy atom. The molecular formula is C13H16BrN3S. The van der Waals surface area contributed by atoms with Gasteiger partial charge in [-0.15, -0.1) is 11.3 Å². The Kier molecular flexibility index (Phi) is 4.35. The molecule has 2 aromatic heterocycles. The molecule has 2 aromatic rings. The smallest absolute Gasteiger partial charge is 0.172 e. The molecule has 1 N–H and O–H groups in total. The maximum Gasteiger partial charge on any atom is 0.172 e. The van der Waals surface area contributed by atoms with Crippen LogP contribution in [0.5, 0.6) is 0 Å². The Labute approximate surface area is 120 Å². The lowest BCUT2D eigenvalue weighted by Gasteiger charge is -2.10. The van der Waals surface area contributed by atoms with Crippen LogP contribution in [0.2, 0.25) is 0 Å². The van der Waals surface area contributed by atoms with Gasteiger partial charge >= 0.3 is 0 Å². The topological polar surface area (TPSA) is 37.8 Å². The first-order chi connectivity index (χ1) is 8.67. The van der Waals surface area contributed by atoms with E-state index in [0.717, 1.165) is 39.5 Å². The molecule has 3 nitrogen and oxygen atoms in total. The summed E-state index contributed by atoms with van der Waals surface area (Å²) in [6.07, 6.45) is 2.02. The van der Waals surface area contributed by atoms with Crippen molar-refractivity contribution in [2.24, 2.45) is 0 Å². The van der Waals surface area contributed by atoms with Gasteiger partial charge in [-0.2, -0.15) is 0 Å². The molecule has 0 fully saturated rings. The van der Waals surface area contributed by atoms with Gasteiger partial charge in [0.25, 0.3) is 0 Å². The summed E-state index contributed by atoms with van der Waals surface area (Å²) in [7, 11) is 1.88. The number of halogens is 1. The number of nitrogens with one attached hydrogen (secondary N) is 1. The highest BCUT2D eigenvalue weighted by Gasteiger charge is 2.14. The first-order valence-electron chi connectivity index (χ1n) is 5.96. The summed E-state index contributed by atoms with van der Waals surface area (Å²) >= 11 is 5.26. The SMILES string of the molecule is CCCc1nc(-c2sccc2C)nc(NC)c1Br. The summed E-state index contributed by atoms with van der Waals surface area (Å²) in [5, 5.41) is 5.20. The van der Waals surface area contributed by atoms with Crippen molar-refractivity contribution in [2.45, 2.75) is 26.7 Å². The van der Waals surface area contributed by atoms with E-state index in [0.29, 0.717) is 0 Å². The van der Waals surface area contributed by atoms with Gasteiger partial charge in [-0.05, 0) is 46.3 Å². The van der Waals surface area contributed by atoms with Gasteiger partial charge in [0.1, 0.15) is 5.82 Å². The normalized spacial score (nSPS) is 10.7. The van der Waals surface area contributed by atoms with E-state index >= 15 is 0 Å². The summed E-state index contributed by atoms with van der Waals surface area (Å²) in [6, 6.07) is 2.10. The number of anilines is 1. The Morgan fingerprint density at radius 1 is 1.39 bits per heavy atom. The molecule has 0 aliphatic carbocycles. The number of thiophene rings is 1. The van der Waals surface area contributed by atoms with Crippen molar-refractivity contribution in [2.75, 3.05) is 12.4 Å². The standard InChI is InChI=1S/C13H16BrN3S/c1-4-5-9-10(14)12(15-3)17-13(16-9)11-8(2)6-7-18-11/h6-7H,4-5H2,1-3H3,(H,15,16,17). The van der Waals surface area contributed by atoms with E-state index in [9.17, 15) is 0 Å². The van der Waals surface area contributed by atoms with Gasteiger partial charge < -0.3 is 5.32 Å². The molecular weight excluding hydrogens is 310 g/mol. The third kappa shape index (κ3) is 2.57. The number of rotatable bonds is 4. The van der Waals surface area contributed by atoms with Gasteiger partial charge in [0, 0.05) is 7.05 Å². The van der Waals surface area contributed by atoms with Crippen LogP contribution in [0.3, 0.4) is 0 Å². The number of nitrogens with zero attached hydrogens (tertiary/aromatic N) is 2. The predicted octanol–water partition coefficient (Wildman–Crippen LogP) is 4.27. The molecule has 2 heterocycles. The number of aryl methyl sites for hydroxylation is 2. The van der Waals surface area contributed by atoms with Gasteiger partial charge in [-0.25, -0.2) is 9.97 Å². The van der Waals surface area contributed by atoms with Gasteiger partial charge in [-0.1, -0.05) is 13.3 Å². The molecule has 0 aliphatic rings. The van der Waals surface area contributed by atoms with Crippen LogP contribution in [-0.4, -0.2) is 17.0 Å². The van der Waals surface area contributed by atoms with E-state index in [2.05, 4.69) is 56.5 Å². The van der Waals surface area contributed by atoms with Crippen LogP contribution in [0.1, 0.15) is 24.6 Å². The summed E-state index contributed by atoms with van der Waals surface area (Å²) in [4.78, 5) is 10.4. The zero-order valence-corrected chi connectivity index (χ0v) is 13.2. The lowest BCUT2D eigenvalue weighted by molar-refractivity contribution is 0.869. The van der Waals surface area contributed by atoms with E-state index < -0.39 is 0 Å². The quantitative estimate of drug-likeness (QED) is 0.912. The highest BCUT2D eigenvalue weighted by Crippen LogP contribution is 2.31. The number of hydrogen-bond donors (Lipinski definition) is 1.